The Morgan fingerprint density at radius 1 is 1.07 bits per heavy atom. The number of nitrogens with two attached hydrogens (primary N) is 1. The van der Waals surface area contributed by atoms with Gasteiger partial charge in [-0.3, -0.25) is 5.73 Å². The maximum atomic E-state index is 5.56. The van der Waals surface area contributed by atoms with Crippen LogP contribution in [0.1, 0.15) is 5.56 Å². The van der Waals surface area contributed by atoms with E-state index < -0.39 is 0 Å². The molecule has 0 radical (unpaired) electrons. The van der Waals surface area contributed by atoms with Gasteiger partial charge in [-0.2, -0.15) is 0 Å². The van der Waals surface area contributed by atoms with Crippen LogP contribution in [0.2, 0.25) is 0 Å². The summed E-state index contributed by atoms with van der Waals surface area (Å²) in [5.74, 6) is 1.41. The number of H-pyrrole nitrogens is 1. The molecule has 0 saturated carbocycles. The van der Waals surface area contributed by atoms with E-state index in [4.69, 9.17) is 10.5 Å². The topological polar surface area (TPSA) is 49.4 Å². The van der Waals surface area contributed by atoms with Crippen molar-refractivity contribution in [2.75, 3.05) is 5.73 Å². The highest BCUT2D eigenvalue weighted by Gasteiger charge is 1.97. The van der Waals surface area contributed by atoms with Crippen LogP contribution in [-0.2, 0) is 6.61 Å². The largest absolute Gasteiger partial charge is 0.485 e. The van der Waals surface area contributed by atoms with Gasteiger partial charge in [0.25, 0.3) is 5.82 Å². The number of aromatic amines is 1. The van der Waals surface area contributed by atoms with Crippen LogP contribution in [0, 0.1) is 0 Å². The molecule has 0 amide bonds. The van der Waals surface area contributed by atoms with Crippen molar-refractivity contribution in [3.8, 4) is 5.75 Å². The number of benzene rings is 1. The number of hydrogen-bond donors (Lipinski definition) is 1. The maximum absolute atomic E-state index is 5.56. The molecule has 2 rings (SSSR count). The number of rotatable bonds is 3. The normalized spacial score (nSPS) is 9.87. The molecule has 0 aliphatic carbocycles. The summed E-state index contributed by atoms with van der Waals surface area (Å²) in [5.41, 5.74) is 6.67. The van der Waals surface area contributed by atoms with Gasteiger partial charge >= 0.3 is 0 Å². The Hall–Kier alpha value is -2.03. The standard InChI is InChI=1S/C12H12N2O/c13-12-7-6-11(8-14-12)15-9-10-4-2-1-3-5-10/h1-8H,9H2,(H2,13,14)/p+1. The van der Waals surface area contributed by atoms with Crippen molar-refractivity contribution < 1.29 is 9.72 Å². The van der Waals surface area contributed by atoms with Crippen molar-refractivity contribution in [1.29, 1.82) is 0 Å². The Labute approximate surface area is 88.5 Å². The number of anilines is 1. The van der Waals surface area contributed by atoms with Crippen molar-refractivity contribution in [2.45, 2.75) is 6.61 Å². The summed E-state index contributed by atoms with van der Waals surface area (Å²) in [5, 5.41) is 0. The lowest BCUT2D eigenvalue weighted by Gasteiger charge is -2.04. The lowest BCUT2D eigenvalue weighted by molar-refractivity contribution is -0.361. The minimum absolute atomic E-state index is 0.568. The summed E-state index contributed by atoms with van der Waals surface area (Å²) in [4.78, 5) is 2.89. The molecule has 1 aromatic heterocycles. The molecule has 0 fully saturated rings. The Morgan fingerprint density at radius 3 is 2.53 bits per heavy atom. The molecule has 2 aromatic rings. The first kappa shape index (κ1) is 9.52. The molecule has 0 unspecified atom stereocenters. The molecule has 3 N–H and O–H groups in total. The molecule has 76 valence electrons. The van der Waals surface area contributed by atoms with Crippen LogP contribution >= 0.6 is 0 Å². The zero-order valence-corrected chi connectivity index (χ0v) is 8.31. The molecule has 0 aliphatic rings. The van der Waals surface area contributed by atoms with Crippen LogP contribution in [0.15, 0.2) is 48.7 Å². The zero-order chi connectivity index (χ0) is 10.5. The predicted molar refractivity (Wildman–Crippen MR) is 58.2 cm³/mol. The number of ether oxygens (including phenoxy) is 1. The van der Waals surface area contributed by atoms with Gasteiger partial charge in [-0.1, -0.05) is 30.3 Å². The van der Waals surface area contributed by atoms with Gasteiger partial charge in [0.05, 0.1) is 0 Å². The van der Waals surface area contributed by atoms with Crippen LogP contribution in [0.5, 0.6) is 5.75 Å². The fourth-order valence-electron chi connectivity index (χ4n) is 1.25. The van der Waals surface area contributed by atoms with Crippen LogP contribution in [0.25, 0.3) is 0 Å². The quantitative estimate of drug-likeness (QED) is 0.821. The Morgan fingerprint density at radius 2 is 1.87 bits per heavy atom. The molecule has 0 bridgehead atoms. The van der Waals surface area contributed by atoms with E-state index in [1.54, 1.807) is 12.3 Å². The van der Waals surface area contributed by atoms with Crippen molar-refractivity contribution in [1.82, 2.24) is 0 Å². The monoisotopic (exact) mass is 201 g/mol. The number of aromatic nitrogens is 1. The van der Waals surface area contributed by atoms with Crippen molar-refractivity contribution in [2.24, 2.45) is 0 Å². The van der Waals surface area contributed by atoms with Gasteiger partial charge in [0.2, 0.25) is 0 Å². The lowest BCUT2D eigenvalue weighted by atomic mass is 10.2. The van der Waals surface area contributed by atoms with E-state index in [2.05, 4.69) is 4.98 Å². The minimum atomic E-state index is 0.568. The smallest absolute Gasteiger partial charge is 0.270 e. The van der Waals surface area contributed by atoms with Crippen LogP contribution in [-0.4, -0.2) is 0 Å². The third kappa shape index (κ3) is 2.71. The third-order valence-electron chi connectivity index (χ3n) is 2.06. The summed E-state index contributed by atoms with van der Waals surface area (Å²) in [6.07, 6.45) is 1.75. The second-order valence-corrected chi connectivity index (χ2v) is 3.25. The first-order valence-electron chi connectivity index (χ1n) is 4.78. The molecular formula is C12H13N2O+. The van der Waals surface area contributed by atoms with Crippen LogP contribution in [0.3, 0.4) is 0 Å². The summed E-state index contributed by atoms with van der Waals surface area (Å²) in [6, 6.07) is 13.7. The highest BCUT2D eigenvalue weighted by Crippen LogP contribution is 2.10. The van der Waals surface area contributed by atoms with E-state index in [0.29, 0.717) is 12.4 Å². The predicted octanol–water partition coefficient (Wildman–Crippen LogP) is 1.66. The van der Waals surface area contributed by atoms with Crippen molar-refractivity contribution >= 4 is 5.82 Å². The Balaban J connectivity index is 1.96. The van der Waals surface area contributed by atoms with E-state index in [0.717, 1.165) is 11.3 Å². The molecular weight excluding hydrogens is 188 g/mol. The summed E-state index contributed by atoms with van der Waals surface area (Å²) in [7, 11) is 0. The zero-order valence-electron chi connectivity index (χ0n) is 8.31. The second-order valence-electron chi connectivity index (χ2n) is 3.25. The third-order valence-corrected chi connectivity index (χ3v) is 2.06. The summed E-state index contributed by atoms with van der Waals surface area (Å²) < 4.78 is 5.56. The molecule has 3 heteroatoms. The number of nitrogen functional groups attached to an aromatic ring is 1. The number of hydrogen-bond acceptors (Lipinski definition) is 2. The van der Waals surface area contributed by atoms with Gasteiger partial charge < -0.3 is 4.74 Å². The summed E-state index contributed by atoms with van der Waals surface area (Å²) in [6.45, 7) is 0.568. The molecule has 0 saturated heterocycles. The highest BCUT2D eigenvalue weighted by atomic mass is 16.5. The minimum Gasteiger partial charge on any atom is -0.485 e. The van der Waals surface area contributed by atoms with Gasteiger partial charge in [0, 0.05) is 6.07 Å². The van der Waals surface area contributed by atoms with E-state index in [1.807, 2.05) is 36.4 Å². The van der Waals surface area contributed by atoms with Gasteiger partial charge in [0.1, 0.15) is 12.8 Å². The Kier molecular flexibility index (Phi) is 2.83. The van der Waals surface area contributed by atoms with Gasteiger partial charge in [-0.05, 0) is 11.6 Å². The summed E-state index contributed by atoms with van der Waals surface area (Å²) >= 11 is 0. The van der Waals surface area contributed by atoms with E-state index in [1.165, 1.54) is 0 Å². The highest BCUT2D eigenvalue weighted by molar-refractivity contribution is 5.26. The molecule has 1 heterocycles. The molecule has 0 aliphatic heterocycles. The molecule has 15 heavy (non-hydrogen) atoms. The fraction of sp³-hybridized carbons (Fsp3) is 0.0833. The van der Waals surface area contributed by atoms with Gasteiger partial charge in [-0.25, -0.2) is 4.98 Å². The lowest BCUT2D eigenvalue weighted by Crippen LogP contribution is -2.09. The average Bonchev–Trinajstić information content (AvgIpc) is 2.30. The van der Waals surface area contributed by atoms with E-state index >= 15 is 0 Å². The molecule has 0 spiro atoms. The van der Waals surface area contributed by atoms with E-state index in [9.17, 15) is 0 Å². The number of nitrogens with one attached hydrogen (secondary N) is 1. The average molecular weight is 201 g/mol. The first-order valence-corrected chi connectivity index (χ1v) is 4.78. The molecule has 0 atom stereocenters. The second kappa shape index (κ2) is 4.46. The molecule has 1 aromatic carbocycles. The van der Waals surface area contributed by atoms with Gasteiger partial charge in [-0.15, -0.1) is 0 Å². The SMILES string of the molecule is Nc1ccc(OCc2ccccc2)c[nH+]1. The Bertz CT molecular complexity index is 411. The van der Waals surface area contributed by atoms with Gasteiger partial charge in [0.15, 0.2) is 5.75 Å². The van der Waals surface area contributed by atoms with Crippen LogP contribution in [0.4, 0.5) is 5.82 Å². The maximum Gasteiger partial charge on any atom is 0.270 e. The van der Waals surface area contributed by atoms with Crippen molar-refractivity contribution in [3.63, 3.8) is 0 Å². The van der Waals surface area contributed by atoms with Crippen molar-refractivity contribution in [3.05, 3.63) is 54.2 Å². The molecule has 3 nitrogen and oxygen atoms in total. The van der Waals surface area contributed by atoms with Crippen LogP contribution < -0.4 is 15.5 Å². The fourth-order valence-corrected chi connectivity index (χ4v) is 1.25. The van der Waals surface area contributed by atoms with E-state index in [-0.39, 0.29) is 0 Å². The first-order chi connectivity index (χ1) is 7.34. The number of pyridine rings is 1.